The van der Waals surface area contributed by atoms with Gasteiger partial charge in [0.2, 0.25) is 0 Å². The number of aliphatic hydroxyl groups excluding tert-OH is 1. The molecule has 0 aliphatic rings. The molecule has 246 valence electrons. The van der Waals surface area contributed by atoms with Crippen molar-refractivity contribution in [2.75, 3.05) is 13.2 Å². The molecule has 16 nitrogen and oxygen atoms in total. The van der Waals surface area contributed by atoms with E-state index in [4.69, 9.17) is 31.9 Å². The molecule has 0 aliphatic carbocycles. The van der Waals surface area contributed by atoms with Crippen molar-refractivity contribution in [1.82, 2.24) is 15.7 Å². The first-order valence-electron chi connectivity index (χ1n) is 12.9. The Bertz CT molecular complexity index is 1280. The molecule has 0 aromatic carbocycles. The Labute approximate surface area is 257 Å². The Morgan fingerprint density at radius 1 is 1.05 bits per heavy atom. The fourth-order valence-corrected chi connectivity index (χ4v) is 6.97. The quantitative estimate of drug-likeness (QED) is 0.0318. The van der Waals surface area contributed by atoms with E-state index < -0.39 is 54.5 Å². The van der Waals surface area contributed by atoms with Crippen LogP contribution in [0.4, 0.5) is 4.79 Å². The average Bonchev–Trinajstić information content (AvgIpc) is 2.90. The molecule has 2 amide bonds. The number of aliphatic hydroxyl groups is 1. The van der Waals surface area contributed by atoms with Gasteiger partial charge in [0.05, 0.1) is 0 Å². The Balaban J connectivity index is 5.60. The topological polar surface area (TPSA) is 242 Å². The molecule has 0 saturated carbocycles. The molecule has 2 unspecified atom stereocenters. The molecule has 0 aliphatic heterocycles. The molecule has 0 aromatic rings. The predicted octanol–water partition coefficient (Wildman–Crippen LogP) is 1.68. The van der Waals surface area contributed by atoms with E-state index in [1.54, 1.807) is 6.92 Å². The summed E-state index contributed by atoms with van der Waals surface area (Å²) in [5.74, 6) is 11.8. The fraction of sp³-hybridized carbons (Fsp3) is 0.520. The Morgan fingerprint density at radius 2 is 1.66 bits per heavy atom. The first-order valence-corrected chi connectivity index (χ1v) is 17.7. The number of imide groups is 1. The Morgan fingerprint density at radius 3 is 2.23 bits per heavy atom. The van der Waals surface area contributed by atoms with E-state index in [-0.39, 0.29) is 18.6 Å². The average molecular weight is 682 g/mol. The Hall–Kier alpha value is -2.75. The van der Waals surface area contributed by atoms with E-state index in [0.29, 0.717) is 32.1 Å². The molecule has 0 rings (SSSR count). The van der Waals surface area contributed by atoms with Crippen molar-refractivity contribution < 1.29 is 61.3 Å². The fourth-order valence-electron chi connectivity index (χ4n) is 2.76. The third-order valence-corrected chi connectivity index (χ3v) is 9.59. The van der Waals surface area contributed by atoms with Crippen LogP contribution >= 0.6 is 23.7 Å². The molecule has 3 atom stereocenters. The predicted molar refractivity (Wildman–Crippen MR) is 161 cm³/mol. The summed E-state index contributed by atoms with van der Waals surface area (Å²) < 4.78 is 41.6. The van der Waals surface area contributed by atoms with Crippen LogP contribution in [-0.2, 0) is 31.8 Å². The second-order valence-corrected chi connectivity index (χ2v) is 13.6. The number of phosphoric acid groups is 2. The zero-order chi connectivity index (χ0) is 33.7. The number of terminal acetylenes is 2. The zero-order valence-corrected chi connectivity index (χ0v) is 26.9. The molecule has 0 heterocycles. The van der Waals surface area contributed by atoms with Gasteiger partial charge in [-0.2, -0.15) is 0 Å². The number of alkyl carbamates (subject to hydrolysis) is 1. The van der Waals surface area contributed by atoms with Gasteiger partial charge in [0, 0.05) is 6.42 Å². The number of unbranched alkanes of at least 4 members (excludes halogenated alkanes) is 5. The maximum absolute atomic E-state index is 12.6. The van der Waals surface area contributed by atoms with E-state index >= 15 is 0 Å². The summed E-state index contributed by atoms with van der Waals surface area (Å²) >= 11 is 0. The van der Waals surface area contributed by atoms with Gasteiger partial charge in [-0.1, -0.05) is 0 Å². The molecule has 0 aromatic heterocycles. The molecule has 0 fully saturated rings. The third kappa shape index (κ3) is 21.0. The van der Waals surface area contributed by atoms with Crippen molar-refractivity contribution in [3.8, 4) is 48.5 Å². The summed E-state index contributed by atoms with van der Waals surface area (Å²) in [4.78, 5) is 63.3. The van der Waals surface area contributed by atoms with Crippen LogP contribution in [0.25, 0.3) is 0 Å². The van der Waals surface area contributed by atoms with Gasteiger partial charge in [-0.25, -0.2) is 0 Å². The van der Waals surface area contributed by atoms with Crippen molar-refractivity contribution >= 4 is 35.7 Å². The van der Waals surface area contributed by atoms with Crippen molar-refractivity contribution in [1.29, 1.82) is 0 Å². The zero-order valence-electron chi connectivity index (χ0n) is 24.1. The second kappa shape index (κ2) is 21.9. The normalized spacial score (nSPS) is 14.5. The number of ether oxygens (including phenoxy) is 1. The van der Waals surface area contributed by atoms with E-state index in [1.165, 1.54) is 6.92 Å². The van der Waals surface area contributed by atoms with Gasteiger partial charge in [0.1, 0.15) is 0 Å². The van der Waals surface area contributed by atoms with Crippen LogP contribution in [0.1, 0.15) is 58.8 Å². The molecule has 0 saturated heterocycles. The van der Waals surface area contributed by atoms with Gasteiger partial charge in [-0.3, -0.25) is 0 Å². The van der Waals surface area contributed by atoms with Crippen LogP contribution in [0, 0.1) is 48.5 Å². The first-order chi connectivity index (χ1) is 20.6. The van der Waals surface area contributed by atoms with Gasteiger partial charge in [-0.15, -0.1) is 12.3 Å². The summed E-state index contributed by atoms with van der Waals surface area (Å²) in [5.41, 5.74) is -0.175. The molecule has 8 N–H and O–H groups in total. The molecular formula is C25H38N3O13P3. The third-order valence-electron chi connectivity index (χ3n) is 4.75. The number of hydrogen-bond donors (Lipinski definition) is 8. The molecule has 44 heavy (non-hydrogen) atoms. The number of carbonyl (C=O) groups is 2. The van der Waals surface area contributed by atoms with Crippen molar-refractivity contribution in [2.24, 2.45) is 0 Å². The summed E-state index contributed by atoms with van der Waals surface area (Å²) in [7, 11) is -16.2. The monoisotopic (exact) mass is 681 g/mol. The maximum atomic E-state index is 12.6. The summed E-state index contributed by atoms with van der Waals surface area (Å²) in [5, 5.41) is 16.8. The van der Waals surface area contributed by atoms with Crippen molar-refractivity contribution in [3.63, 3.8) is 0 Å². The SMILES string of the molecule is C#CCCCCC#C/C(=C/NC#CC)C(=O)NC(=O)OC(CN[PH](O)(OCCCCC#C)OP(=O)(O)OP(=O)(O)O)[C@@H](C)O. The molecule has 19 heteroatoms. The van der Waals surface area contributed by atoms with Gasteiger partial charge in [0.15, 0.2) is 0 Å². The van der Waals surface area contributed by atoms with E-state index in [2.05, 4.69) is 54.7 Å². The van der Waals surface area contributed by atoms with Crippen LogP contribution < -0.4 is 15.7 Å². The van der Waals surface area contributed by atoms with Crippen LogP contribution in [-0.4, -0.2) is 62.0 Å². The van der Waals surface area contributed by atoms with Crippen LogP contribution in [0.5, 0.6) is 0 Å². The van der Waals surface area contributed by atoms with Gasteiger partial charge >= 0.3 is 225 Å². The van der Waals surface area contributed by atoms with E-state index in [9.17, 15) is 33.6 Å². The van der Waals surface area contributed by atoms with E-state index in [0.717, 1.165) is 12.6 Å². The van der Waals surface area contributed by atoms with Gasteiger partial charge < -0.3 is 0 Å². The molecule has 0 radical (unpaired) electrons. The Kier molecular flexibility index (Phi) is 20.5. The number of carbonyl (C=O) groups excluding carboxylic acids is 2. The number of hydrogen-bond acceptors (Lipinski definition) is 12. The number of rotatable bonds is 19. The molecule has 0 spiro atoms. The minimum atomic E-state index is -5.61. The number of nitrogens with one attached hydrogen (secondary N) is 3. The van der Waals surface area contributed by atoms with Crippen LogP contribution in [0.15, 0.2) is 11.8 Å². The molecule has 0 bridgehead atoms. The second-order valence-electron chi connectivity index (χ2n) is 8.53. The summed E-state index contributed by atoms with van der Waals surface area (Å²) in [6, 6.07) is 2.49. The van der Waals surface area contributed by atoms with E-state index in [1.807, 2.05) is 5.32 Å². The number of amides is 2. The minimum absolute atomic E-state index is 0.175. The molecular weight excluding hydrogens is 643 g/mol. The van der Waals surface area contributed by atoms with Gasteiger partial charge in [-0.05, 0) is 13.3 Å². The summed E-state index contributed by atoms with van der Waals surface area (Å²) in [6.07, 6.45) is 10.6. The van der Waals surface area contributed by atoms with Crippen LogP contribution in [0.2, 0.25) is 0 Å². The van der Waals surface area contributed by atoms with Crippen molar-refractivity contribution in [3.05, 3.63) is 11.8 Å². The van der Waals surface area contributed by atoms with Crippen LogP contribution in [0.3, 0.4) is 0 Å². The van der Waals surface area contributed by atoms with Crippen molar-refractivity contribution in [2.45, 2.75) is 71.0 Å². The standard InChI is InChI=1S/C25H38N3O13P3/c1-5-8-10-12-13-14-16-22(19-26-17-7-3)24(30)28-25(31)39-23(21(4)29)20-27-42(32,38-18-15-11-9-6-2)40-44(36,37)41-43(33,34)35/h1-2,19,21,23,26-27,29,32,42H,8-13,15,18,20H2,3-4H3,(H,36,37)(H,28,30,31)(H2,33,34,35)/b22-19-/t21-,23?/m1/s1. The first kappa shape index (κ1) is 41.2. The van der Waals surface area contributed by atoms with Gasteiger partial charge in [0.25, 0.3) is 0 Å². The summed E-state index contributed by atoms with van der Waals surface area (Å²) in [6.45, 7) is 1.74.